The summed E-state index contributed by atoms with van der Waals surface area (Å²) >= 11 is 0. The minimum atomic E-state index is -2.70. The van der Waals surface area contributed by atoms with Crippen molar-refractivity contribution in [3.05, 3.63) is 60.7 Å². The number of benzene rings is 2. The van der Waals surface area contributed by atoms with Crippen molar-refractivity contribution in [2.45, 2.75) is 51.3 Å². The molecule has 5 heteroatoms. The first-order valence-corrected chi connectivity index (χ1v) is 12.3. The van der Waals surface area contributed by atoms with Gasteiger partial charge in [-0.1, -0.05) is 81.4 Å². The molecular formula is C24H29NO3Si. The van der Waals surface area contributed by atoms with Crippen LogP contribution in [0.1, 0.15) is 34.1 Å². The van der Waals surface area contributed by atoms with Gasteiger partial charge < -0.3 is 9.33 Å². The molecule has 4 rings (SSSR count). The first kappa shape index (κ1) is 20.0. The highest BCUT2D eigenvalue weighted by Crippen LogP contribution is 2.42. The van der Waals surface area contributed by atoms with E-state index in [0.717, 1.165) is 0 Å². The van der Waals surface area contributed by atoms with Crippen molar-refractivity contribution < 1.29 is 14.0 Å². The van der Waals surface area contributed by atoms with E-state index in [1.54, 1.807) is 4.90 Å². The lowest BCUT2D eigenvalue weighted by Crippen LogP contribution is -2.70. The molecule has 0 unspecified atom stereocenters. The van der Waals surface area contributed by atoms with Crippen LogP contribution in [0.3, 0.4) is 0 Å². The zero-order valence-corrected chi connectivity index (χ0v) is 18.6. The number of hydrogen-bond donors (Lipinski definition) is 0. The van der Waals surface area contributed by atoms with Crippen LogP contribution in [-0.2, 0) is 14.0 Å². The molecule has 0 N–H and O–H groups in total. The quantitative estimate of drug-likeness (QED) is 0.566. The molecule has 0 aromatic heterocycles. The van der Waals surface area contributed by atoms with E-state index in [4.69, 9.17) is 4.43 Å². The third-order valence-electron chi connectivity index (χ3n) is 6.45. The van der Waals surface area contributed by atoms with Crippen LogP contribution in [0, 0.1) is 5.92 Å². The van der Waals surface area contributed by atoms with Gasteiger partial charge in [-0.2, -0.15) is 0 Å². The largest absolute Gasteiger partial charge is 0.404 e. The molecule has 3 atom stereocenters. The van der Waals surface area contributed by atoms with Gasteiger partial charge in [-0.15, -0.1) is 0 Å². The molecule has 2 aromatic rings. The molecule has 1 amide bonds. The smallest absolute Gasteiger partial charge is 0.261 e. The first-order chi connectivity index (χ1) is 13.8. The van der Waals surface area contributed by atoms with E-state index in [-0.39, 0.29) is 41.3 Å². The summed E-state index contributed by atoms with van der Waals surface area (Å²) in [5.74, 6) is -0.0159. The molecule has 2 heterocycles. The summed E-state index contributed by atoms with van der Waals surface area (Å²) in [6.45, 7) is 8.99. The van der Waals surface area contributed by atoms with E-state index < -0.39 is 8.32 Å². The molecule has 152 valence electrons. The molecule has 0 spiro atoms. The van der Waals surface area contributed by atoms with Gasteiger partial charge in [-0.3, -0.25) is 9.59 Å². The maximum Gasteiger partial charge on any atom is 0.261 e. The van der Waals surface area contributed by atoms with Crippen molar-refractivity contribution >= 4 is 30.4 Å². The van der Waals surface area contributed by atoms with Crippen molar-refractivity contribution in [2.24, 2.45) is 5.92 Å². The number of rotatable bonds is 5. The Labute approximate surface area is 174 Å². The number of β-lactam (4-membered cyclic amide) rings is 1. The molecule has 0 radical (unpaired) electrons. The number of hydrogen-bond acceptors (Lipinski definition) is 3. The SMILES string of the molecule is C[C@H](O[Si](c1ccccc1)(c1ccccc1)C(C)(C)C)[C@@H]1C(=O)N2CC(=O)C[C@@H]12. The normalized spacial score (nSPS) is 23.0. The van der Waals surface area contributed by atoms with E-state index in [0.29, 0.717) is 6.42 Å². The van der Waals surface area contributed by atoms with E-state index in [9.17, 15) is 9.59 Å². The summed E-state index contributed by atoms with van der Waals surface area (Å²) in [7, 11) is -2.70. The Bertz CT molecular complexity index is 867. The van der Waals surface area contributed by atoms with Gasteiger partial charge in [0.25, 0.3) is 8.32 Å². The fourth-order valence-electron chi connectivity index (χ4n) is 5.11. The molecule has 4 nitrogen and oxygen atoms in total. The summed E-state index contributed by atoms with van der Waals surface area (Å²) in [6, 6.07) is 20.9. The first-order valence-electron chi connectivity index (χ1n) is 10.4. The number of nitrogens with zero attached hydrogens (tertiary/aromatic N) is 1. The van der Waals surface area contributed by atoms with E-state index in [1.807, 2.05) is 19.1 Å². The Morgan fingerprint density at radius 3 is 1.97 bits per heavy atom. The number of carbonyl (C=O) groups is 2. The topological polar surface area (TPSA) is 46.6 Å². The fourth-order valence-corrected chi connectivity index (χ4v) is 9.83. The fraction of sp³-hybridized carbons (Fsp3) is 0.417. The van der Waals surface area contributed by atoms with Gasteiger partial charge >= 0.3 is 0 Å². The lowest BCUT2D eigenvalue weighted by atomic mass is 9.84. The Morgan fingerprint density at radius 1 is 0.966 bits per heavy atom. The Kier molecular flexibility index (Phi) is 4.99. The number of fused-ring (bicyclic) bond motifs is 1. The molecule has 2 saturated heterocycles. The molecule has 0 bridgehead atoms. The number of ketones is 1. The third-order valence-corrected chi connectivity index (χ3v) is 11.6. The van der Waals surface area contributed by atoms with Crippen molar-refractivity contribution in [1.82, 2.24) is 4.90 Å². The van der Waals surface area contributed by atoms with Crippen LogP contribution in [-0.4, -0.2) is 43.6 Å². The maximum atomic E-state index is 12.7. The van der Waals surface area contributed by atoms with Gasteiger partial charge in [0, 0.05) is 6.42 Å². The van der Waals surface area contributed by atoms with Crippen LogP contribution in [0.4, 0.5) is 0 Å². The predicted molar refractivity (Wildman–Crippen MR) is 117 cm³/mol. The Hall–Kier alpha value is -2.24. The molecule has 0 aliphatic carbocycles. The molecule has 0 saturated carbocycles. The molecule has 29 heavy (non-hydrogen) atoms. The summed E-state index contributed by atoms with van der Waals surface area (Å²) in [5.41, 5.74) is 0. The van der Waals surface area contributed by atoms with Crippen LogP contribution in [0.25, 0.3) is 0 Å². The maximum absolute atomic E-state index is 12.7. The highest BCUT2D eigenvalue weighted by molar-refractivity contribution is 6.99. The second-order valence-electron chi connectivity index (χ2n) is 9.29. The Balaban J connectivity index is 1.77. The summed E-state index contributed by atoms with van der Waals surface area (Å²) in [4.78, 5) is 26.3. The van der Waals surface area contributed by atoms with Crippen LogP contribution in [0.5, 0.6) is 0 Å². The molecule has 2 aromatic carbocycles. The second-order valence-corrected chi connectivity index (χ2v) is 13.5. The lowest BCUT2D eigenvalue weighted by molar-refractivity contribution is -0.158. The van der Waals surface area contributed by atoms with Gasteiger partial charge in [-0.05, 0) is 22.3 Å². The summed E-state index contributed by atoms with van der Waals surface area (Å²) in [6.07, 6.45) is 0.214. The standard InChI is InChI=1S/C24H29NO3Si/c1-17(22-21-15-18(26)16-25(21)23(22)27)28-29(24(2,3)4,19-11-7-5-8-12-19)20-13-9-6-10-14-20/h5-14,17,21-22H,15-16H2,1-4H3/t17-,21-,22-/m0/s1. The average molecular weight is 408 g/mol. The van der Waals surface area contributed by atoms with E-state index in [1.165, 1.54) is 10.4 Å². The van der Waals surface area contributed by atoms with Crippen molar-refractivity contribution in [3.8, 4) is 0 Å². The van der Waals surface area contributed by atoms with Gasteiger partial charge in [-0.25, -0.2) is 0 Å². The highest BCUT2D eigenvalue weighted by Gasteiger charge is 2.58. The molecule has 2 aliphatic heterocycles. The van der Waals surface area contributed by atoms with Crippen molar-refractivity contribution in [2.75, 3.05) is 6.54 Å². The van der Waals surface area contributed by atoms with E-state index >= 15 is 0 Å². The van der Waals surface area contributed by atoms with Gasteiger partial charge in [0.05, 0.1) is 24.6 Å². The third kappa shape index (κ3) is 3.17. The number of amides is 1. The minimum absolute atomic E-state index is 0.00298. The molecule has 2 aliphatic rings. The van der Waals surface area contributed by atoms with Gasteiger partial charge in [0.1, 0.15) is 0 Å². The Morgan fingerprint density at radius 2 is 1.48 bits per heavy atom. The number of Topliss-reactive ketones (excluding diaryl/α,β-unsaturated/α-hetero) is 1. The van der Waals surface area contributed by atoms with Crippen LogP contribution in [0.2, 0.25) is 5.04 Å². The summed E-state index contributed by atoms with van der Waals surface area (Å²) < 4.78 is 7.07. The molecule has 2 fully saturated rings. The van der Waals surface area contributed by atoms with Gasteiger partial charge in [0.15, 0.2) is 5.78 Å². The summed E-state index contributed by atoms with van der Waals surface area (Å²) in [5, 5.41) is 2.27. The van der Waals surface area contributed by atoms with Crippen LogP contribution >= 0.6 is 0 Å². The monoisotopic (exact) mass is 407 g/mol. The zero-order chi connectivity index (χ0) is 20.8. The highest BCUT2D eigenvalue weighted by atomic mass is 28.4. The van der Waals surface area contributed by atoms with Crippen molar-refractivity contribution in [1.29, 1.82) is 0 Å². The molecular weight excluding hydrogens is 378 g/mol. The number of carbonyl (C=O) groups excluding carboxylic acids is 2. The average Bonchev–Trinajstić information content (AvgIpc) is 3.03. The second kappa shape index (κ2) is 7.22. The predicted octanol–water partition coefficient (Wildman–Crippen LogP) is 2.75. The van der Waals surface area contributed by atoms with Crippen molar-refractivity contribution in [3.63, 3.8) is 0 Å². The minimum Gasteiger partial charge on any atom is -0.404 e. The lowest BCUT2D eigenvalue weighted by Gasteiger charge is -2.50. The van der Waals surface area contributed by atoms with Crippen LogP contribution < -0.4 is 10.4 Å². The van der Waals surface area contributed by atoms with Crippen LogP contribution in [0.15, 0.2) is 60.7 Å². The van der Waals surface area contributed by atoms with Gasteiger partial charge in [0.2, 0.25) is 5.91 Å². The van der Waals surface area contributed by atoms with E-state index in [2.05, 4.69) is 69.3 Å². The zero-order valence-electron chi connectivity index (χ0n) is 17.6.